The Balaban J connectivity index is -0.000000152. The van der Waals surface area contributed by atoms with Crippen LogP contribution in [0.1, 0.15) is 118 Å². The van der Waals surface area contributed by atoms with Crippen LogP contribution in [0.5, 0.6) is 0 Å². The van der Waals surface area contributed by atoms with Gasteiger partial charge in [0.15, 0.2) is 0 Å². The maximum absolute atomic E-state index is 8.76. The third-order valence-electron chi connectivity index (χ3n) is 4.64. The fourth-order valence-corrected chi connectivity index (χ4v) is 2.60. The van der Waals surface area contributed by atoms with E-state index >= 15 is 0 Å². The van der Waals surface area contributed by atoms with Gasteiger partial charge in [-0.3, -0.25) is 0 Å². The molecule has 0 rings (SSSR count). The van der Waals surface area contributed by atoms with E-state index in [0.717, 1.165) is 25.7 Å². The smallest absolute Gasteiger partial charge is 0.0506 e. The molecule has 4 N–H and O–H groups in total. The quantitative estimate of drug-likeness (QED) is 0.190. The van der Waals surface area contributed by atoms with Gasteiger partial charge >= 0.3 is 0 Å². The molecule has 0 atom stereocenters. The van der Waals surface area contributed by atoms with Crippen molar-refractivity contribution in [3.8, 4) is 0 Å². The number of unbranched alkanes of at least 4 members (excludes halogenated alkanes) is 10. The fourth-order valence-electron chi connectivity index (χ4n) is 2.60. The molecule has 5 heteroatoms. The van der Waals surface area contributed by atoms with E-state index < -0.39 is 0 Å². The number of rotatable bonds is 16. The van der Waals surface area contributed by atoms with E-state index in [0.29, 0.717) is 13.2 Å². The summed E-state index contributed by atoms with van der Waals surface area (Å²) in [5, 5.41) is 34.4. The fraction of sp³-hybridized carbons (Fsp3) is 1.00. The van der Waals surface area contributed by atoms with Crippen molar-refractivity contribution in [3.05, 3.63) is 0 Å². The topological polar surface area (TPSA) is 80.9 Å². The minimum absolute atomic E-state index is 0. The normalized spacial score (nSPS) is 10.3. The molecule has 0 aliphatic rings. The summed E-state index contributed by atoms with van der Waals surface area (Å²) >= 11 is 0. The SMILES string of the molecule is CCCC(C)(CO)CO.CCCCCCCCO.CCCCCCCCO.[Ti]. The standard InChI is InChI=1S/2C8H18O.C7H16O2.Ti/c2*1-2-3-4-5-6-7-8-9;1-3-4-7(2,5-8)6-9;/h2*9H,2-8H2,1H3;8-9H,3-6H2,1-2H3;. The van der Waals surface area contributed by atoms with E-state index in [4.69, 9.17) is 20.4 Å². The van der Waals surface area contributed by atoms with Crippen molar-refractivity contribution in [2.24, 2.45) is 5.41 Å². The number of aliphatic hydroxyl groups is 4. The molecule has 0 saturated carbocycles. The van der Waals surface area contributed by atoms with Gasteiger partial charge in [0, 0.05) is 40.3 Å². The molecule has 0 amide bonds. The first-order valence-electron chi connectivity index (χ1n) is 11.4. The Kier molecular flexibility index (Phi) is 41.4. The van der Waals surface area contributed by atoms with E-state index in [1.54, 1.807) is 0 Å². The minimum Gasteiger partial charge on any atom is -0.396 e. The van der Waals surface area contributed by atoms with Crippen molar-refractivity contribution in [1.29, 1.82) is 0 Å². The summed E-state index contributed by atoms with van der Waals surface area (Å²) < 4.78 is 0. The van der Waals surface area contributed by atoms with Crippen LogP contribution in [-0.4, -0.2) is 46.9 Å². The zero-order valence-corrected chi connectivity index (χ0v) is 21.1. The third kappa shape index (κ3) is 34.1. The first kappa shape index (κ1) is 36.0. The molecule has 4 nitrogen and oxygen atoms in total. The Morgan fingerprint density at radius 1 is 0.500 bits per heavy atom. The maximum atomic E-state index is 8.76. The van der Waals surface area contributed by atoms with E-state index in [9.17, 15) is 0 Å². The Bertz CT molecular complexity index is 211. The van der Waals surface area contributed by atoms with Crippen LogP contribution in [0.15, 0.2) is 0 Å². The summed E-state index contributed by atoms with van der Waals surface area (Å²) in [4.78, 5) is 0. The van der Waals surface area contributed by atoms with E-state index in [1.807, 2.05) is 13.8 Å². The first-order valence-corrected chi connectivity index (χ1v) is 11.4. The summed E-state index contributed by atoms with van der Waals surface area (Å²) in [5.41, 5.74) is -0.255. The first-order chi connectivity index (χ1) is 13.0. The molecule has 0 aromatic carbocycles. The molecule has 0 bridgehead atoms. The average Bonchev–Trinajstić information content (AvgIpc) is 2.69. The van der Waals surface area contributed by atoms with Crippen LogP contribution in [-0.2, 0) is 21.7 Å². The van der Waals surface area contributed by atoms with Gasteiger partial charge in [-0.25, -0.2) is 0 Å². The second-order valence-corrected chi connectivity index (χ2v) is 7.86. The van der Waals surface area contributed by atoms with Gasteiger partial charge in [-0.2, -0.15) is 0 Å². The van der Waals surface area contributed by atoms with Gasteiger partial charge in [0.2, 0.25) is 0 Å². The van der Waals surface area contributed by atoms with Crippen LogP contribution in [0.25, 0.3) is 0 Å². The van der Waals surface area contributed by atoms with Crippen molar-refractivity contribution in [2.75, 3.05) is 26.4 Å². The van der Waals surface area contributed by atoms with Crippen LogP contribution < -0.4 is 0 Å². The number of hydrogen-bond donors (Lipinski definition) is 4. The van der Waals surface area contributed by atoms with Crippen LogP contribution in [0.2, 0.25) is 0 Å². The van der Waals surface area contributed by atoms with Crippen molar-refractivity contribution in [2.45, 2.75) is 118 Å². The molecule has 0 aliphatic heterocycles. The van der Waals surface area contributed by atoms with Crippen molar-refractivity contribution in [1.82, 2.24) is 0 Å². The number of aliphatic hydroxyl groups excluding tert-OH is 4. The molecular formula is C23H52O4Ti. The molecule has 0 spiro atoms. The van der Waals surface area contributed by atoms with Gasteiger partial charge in [-0.05, 0) is 19.3 Å². The van der Waals surface area contributed by atoms with Gasteiger partial charge in [0.1, 0.15) is 0 Å². The molecule has 0 aromatic rings. The third-order valence-corrected chi connectivity index (χ3v) is 4.64. The summed E-state index contributed by atoms with van der Waals surface area (Å²) in [6.07, 6.45) is 16.9. The Labute approximate surface area is 191 Å². The molecule has 0 saturated heterocycles. The van der Waals surface area contributed by atoms with E-state index in [2.05, 4.69) is 13.8 Å². The average molecular weight is 441 g/mol. The monoisotopic (exact) mass is 440 g/mol. The summed E-state index contributed by atoms with van der Waals surface area (Å²) in [5.74, 6) is 0. The van der Waals surface area contributed by atoms with Gasteiger partial charge in [0.05, 0.1) is 13.2 Å². The zero-order chi connectivity index (χ0) is 21.2. The van der Waals surface area contributed by atoms with Gasteiger partial charge in [-0.1, -0.05) is 98.3 Å². The van der Waals surface area contributed by atoms with Crippen LogP contribution >= 0.6 is 0 Å². The molecule has 0 fully saturated rings. The van der Waals surface area contributed by atoms with Crippen LogP contribution in [0.3, 0.4) is 0 Å². The molecule has 0 unspecified atom stereocenters. The molecular weight excluding hydrogens is 388 g/mol. The predicted octanol–water partition coefficient (Wildman–Crippen LogP) is 5.45. The van der Waals surface area contributed by atoms with Gasteiger partial charge in [0.25, 0.3) is 0 Å². The molecule has 0 heterocycles. The van der Waals surface area contributed by atoms with Crippen molar-refractivity contribution in [3.63, 3.8) is 0 Å². The maximum Gasteiger partial charge on any atom is 0.0506 e. The molecule has 28 heavy (non-hydrogen) atoms. The van der Waals surface area contributed by atoms with Gasteiger partial charge in [-0.15, -0.1) is 0 Å². The van der Waals surface area contributed by atoms with E-state index in [-0.39, 0.29) is 40.3 Å². The van der Waals surface area contributed by atoms with Crippen LogP contribution in [0.4, 0.5) is 0 Å². The zero-order valence-electron chi connectivity index (χ0n) is 19.5. The molecule has 0 aromatic heterocycles. The molecule has 0 radical (unpaired) electrons. The second-order valence-electron chi connectivity index (χ2n) is 7.86. The van der Waals surface area contributed by atoms with Crippen molar-refractivity contribution >= 4 is 0 Å². The Hall–Kier alpha value is 0.554. The largest absolute Gasteiger partial charge is 0.396 e. The molecule has 172 valence electrons. The summed E-state index contributed by atoms with van der Waals surface area (Å²) in [7, 11) is 0. The summed E-state index contributed by atoms with van der Waals surface area (Å²) in [6.45, 7) is 9.26. The Morgan fingerprint density at radius 2 is 0.821 bits per heavy atom. The van der Waals surface area contributed by atoms with Crippen molar-refractivity contribution < 1.29 is 42.1 Å². The summed E-state index contributed by atoms with van der Waals surface area (Å²) in [6, 6.07) is 0. The predicted molar refractivity (Wildman–Crippen MR) is 118 cm³/mol. The van der Waals surface area contributed by atoms with Crippen LogP contribution in [0, 0.1) is 5.41 Å². The molecule has 0 aliphatic carbocycles. The van der Waals surface area contributed by atoms with Gasteiger partial charge < -0.3 is 20.4 Å². The minimum atomic E-state index is -0.255. The second kappa shape index (κ2) is 32.2. The van der Waals surface area contributed by atoms with E-state index in [1.165, 1.54) is 64.2 Å². The Morgan fingerprint density at radius 3 is 1.04 bits per heavy atom. The number of hydrogen-bond acceptors (Lipinski definition) is 4.